The highest BCUT2D eigenvalue weighted by atomic mass is 35.5. The molecule has 5 nitrogen and oxygen atoms in total. The third-order valence-corrected chi connectivity index (χ3v) is 4.08. The third-order valence-electron chi connectivity index (χ3n) is 3.80. The van der Waals surface area contributed by atoms with E-state index < -0.39 is 0 Å². The molecule has 1 saturated heterocycles. The van der Waals surface area contributed by atoms with Crippen molar-refractivity contribution < 1.29 is 14.3 Å². The molecule has 1 unspecified atom stereocenters. The van der Waals surface area contributed by atoms with Crippen molar-refractivity contribution in [2.45, 2.75) is 12.8 Å². The van der Waals surface area contributed by atoms with Gasteiger partial charge in [0.25, 0.3) is 0 Å². The number of nitrogens with one attached hydrogen (secondary N) is 2. The lowest BCUT2D eigenvalue weighted by Gasteiger charge is -2.20. The summed E-state index contributed by atoms with van der Waals surface area (Å²) in [6.07, 6.45) is 1.64. The summed E-state index contributed by atoms with van der Waals surface area (Å²) in [5, 5.41) is 6.74. The van der Waals surface area contributed by atoms with Gasteiger partial charge in [-0.15, -0.1) is 12.4 Å². The molecule has 22 heavy (non-hydrogen) atoms. The van der Waals surface area contributed by atoms with Crippen LogP contribution in [-0.2, 0) is 11.2 Å². The standard InChI is InChI=1S/C15H19ClN2O3.ClH/c16-12-7-10(8-13-14(12)21-6-5-20-13)1-4-18-15(19)11-2-3-17-9-11;/h7-8,11,17H,1-6,9H2,(H,18,19);1H. The largest absolute Gasteiger partial charge is 0.486 e. The number of benzene rings is 1. The first-order valence-corrected chi connectivity index (χ1v) is 7.68. The van der Waals surface area contributed by atoms with E-state index in [0.29, 0.717) is 36.3 Å². The number of fused-ring (bicyclic) bond motifs is 1. The average molecular weight is 347 g/mol. The van der Waals surface area contributed by atoms with Crippen molar-refractivity contribution in [3.05, 3.63) is 22.7 Å². The minimum Gasteiger partial charge on any atom is -0.486 e. The lowest BCUT2D eigenvalue weighted by Crippen LogP contribution is -2.33. The number of rotatable bonds is 4. The van der Waals surface area contributed by atoms with Crippen LogP contribution in [-0.4, -0.2) is 38.8 Å². The fourth-order valence-electron chi connectivity index (χ4n) is 2.66. The molecule has 0 radical (unpaired) electrons. The molecule has 122 valence electrons. The van der Waals surface area contributed by atoms with Gasteiger partial charge < -0.3 is 20.1 Å². The van der Waals surface area contributed by atoms with Gasteiger partial charge in [0.05, 0.1) is 10.9 Å². The second-order valence-electron chi connectivity index (χ2n) is 5.33. The van der Waals surface area contributed by atoms with E-state index in [2.05, 4.69) is 10.6 Å². The van der Waals surface area contributed by atoms with Gasteiger partial charge in [0.15, 0.2) is 11.5 Å². The molecule has 2 aliphatic rings. The van der Waals surface area contributed by atoms with Crippen LogP contribution in [0, 0.1) is 5.92 Å². The summed E-state index contributed by atoms with van der Waals surface area (Å²) in [4.78, 5) is 11.9. The molecule has 0 spiro atoms. The van der Waals surface area contributed by atoms with Crippen molar-refractivity contribution in [2.75, 3.05) is 32.8 Å². The molecule has 3 rings (SSSR count). The molecule has 2 aliphatic heterocycles. The molecule has 0 aromatic heterocycles. The summed E-state index contributed by atoms with van der Waals surface area (Å²) >= 11 is 6.19. The Morgan fingerprint density at radius 1 is 1.36 bits per heavy atom. The maximum Gasteiger partial charge on any atom is 0.224 e. The van der Waals surface area contributed by atoms with Crippen molar-refractivity contribution >= 4 is 29.9 Å². The van der Waals surface area contributed by atoms with E-state index >= 15 is 0 Å². The number of halogens is 2. The molecule has 2 N–H and O–H groups in total. The first-order chi connectivity index (χ1) is 10.2. The topological polar surface area (TPSA) is 59.6 Å². The third kappa shape index (κ3) is 3.97. The quantitative estimate of drug-likeness (QED) is 0.872. The first-order valence-electron chi connectivity index (χ1n) is 7.30. The van der Waals surface area contributed by atoms with Gasteiger partial charge in [0, 0.05) is 13.1 Å². The Balaban J connectivity index is 0.00000176. The Morgan fingerprint density at radius 3 is 2.95 bits per heavy atom. The fraction of sp³-hybridized carbons (Fsp3) is 0.533. The SMILES string of the molecule is Cl.O=C(NCCc1cc(Cl)c2c(c1)OCCO2)C1CCNC1. The predicted molar refractivity (Wildman–Crippen MR) is 87.4 cm³/mol. The van der Waals surface area contributed by atoms with Crippen molar-refractivity contribution in [2.24, 2.45) is 5.92 Å². The molecule has 1 amide bonds. The monoisotopic (exact) mass is 346 g/mol. The zero-order valence-corrected chi connectivity index (χ0v) is 13.8. The van der Waals surface area contributed by atoms with Crippen LogP contribution < -0.4 is 20.1 Å². The van der Waals surface area contributed by atoms with Gasteiger partial charge in [0.2, 0.25) is 5.91 Å². The Bertz CT molecular complexity index is 534. The maximum atomic E-state index is 11.9. The van der Waals surface area contributed by atoms with E-state index in [1.54, 1.807) is 0 Å². The molecule has 7 heteroatoms. The van der Waals surface area contributed by atoms with Gasteiger partial charge >= 0.3 is 0 Å². The van der Waals surface area contributed by atoms with E-state index in [-0.39, 0.29) is 24.2 Å². The first kappa shape index (κ1) is 17.2. The molecule has 0 bridgehead atoms. The van der Waals surface area contributed by atoms with Crippen molar-refractivity contribution in [3.8, 4) is 11.5 Å². The van der Waals surface area contributed by atoms with Crippen LogP contribution in [0.5, 0.6) is 11.5 Å². The zero-order valence-electron chi connectivity index (χ0n) is 12.2. The second kappa shape index (κ2) is 7.90. The van der Waals surface area contributed by atoms with E-state index in [0.717, 1.165) is 31.5 Å². The maximum absolute atomic E-state index is 11.9. The molecule has 2 heterocycles. The Morgan fingerprint density at radius 2 is 2.18 bits per heavy atom. The van der Waals surface area contributed by atoms with Crippen molar-refractivity contribution in [3.63, 3.8) is 0 Å². The van der Waals surface area contributed by atoms with Gasteiger partial charge in [0.1, 0.15) is 13.2 Å². The molecular weight excluding hydrogens is 327 g/mol. The number of ether oxygens (including phenoxy) is 2. The fourth-order valence-corrected chi connectivity index (χ4v) is 2.95. The Kier molecular flexibility index (Phi) is 6.17. The highest BCUT2D eigenvalue weighted by molar-refractivity contribution is 6.32. The van der Waals surface area contributed by atoms with Gasteiger partial charge in [-0.1, -0.05) is 11.6 Å². The van der Waals surface area contributed by atoms with Crippen LogP contribution in [0.2, 0.25) is 5.02 Å². The highest BCUT2D eigenvalue weighted by Gasteiger charge is 2.22. The van der Waals surface area contributed by atoms with Crippen LogP contribution in [0.4, 0.5) is 0 Å². The normalized spacial score (nSPS) is 19.4. The van der Waals surface area contributed by atoms with Crippen LogP contribution in [0.1, 0.15) is 12.0 Å². The minimum atomic E-state index is 0. The lowest BCUT2D eigenvalue weighted by molar-refractivity contribution is -0.124. The Hall–Kier alpha value is -1.17. The second-order valence-corrected chi connectivity index (χ2v) is 5.74. The molecule has 0 aliphatic carbocycles. The molecule has 1 aromatic carbocycles. The predicted octanol–water partition coefficient (Wildman–Crippen LogP) is 1.80. The average Bonchev–Trinajstić information content (AvgIpc) is 3.01. The number of carbonyl (C=O) groups is 1. The van der Waals surface area contributed by atoms with Gasteiger partial charge in [-0.3, -0.25) is 4.79 Å². The van der Waals surface area contributed by atoms with Gasteiger partial charge in [-0.25, -0.2) is 0 Å². The molecule has 0 saturated carbocycles. The summed E-state index contributed by atoms with van der Waals surface area (Å²) in [5.74, 6) is 1.54. The zero-order chi connectivity index (χ0) is 14.7. The van der Waals surface area contributed by atoms with Gasteiger partial charge in [-0.2, -0.15) is 0 Å². The van der Waals surface area contributed by atoms with E-state index in [1.165, 1.54) is 0 Å². The van der Waals surface area contributed by atoms with Crippen LogP contribution in [0.25, 0.3) is 0 Å². The lowest BCUT2D eigenvalue weighted by atomic mass is 10.1. The summed E-state index contributed by atoms with van der Waals surface area (Å²) in [6.45, 7) is 3.37. The molecule has 1 aromatic rings. The van der Waals surface area contributed by atoms with E-state index in [4.69, 9.17) is 21.1 Å². The molecule has 1 atom stereocenters. The number of amides is 1. The minimum absolute atomic E-state index is 0. The smallest absolute Gasteiger partial charge is 0.224 e. The van der Waals surface area contributed by atoms with E-state index in [9.17, 15) is 4.79 Å². The van der Waals surface area contributed by atoms with Crippen molar-refractivity contribution in [1.29, 1.82) is 0 Å². The van der Waals surface area contributed by atoms with Crippen LogP contribution in [0.3, 0.4) is 0 Å². The summed E-state index contributed by atoms with van der Waals surface area (Å²) in [6, 6.07) is 3.81. The molecule has 1 fully saturated rings. The summed E-state index contributed by atoms with van der Waals surface area (Å²) in [7, 11) is 0. The van der Waals surface area contributed by atoms with Crippen LogP contribution in [0.15, 0.2) is 12.1 Å². The number of carbonyl (C=O) groups excluding carboxylic acids is 1. The Labute approximate surface area is 141 Å². The molecular formula is C15H20Cl2N2O3. The summed E-state index contributed by atoms with van der Waals surface area (Å²) < 4.78 is 11.0. The number of hydrogen-bond donors (Lipinski definition) is 2. The summed E-state index contributed by atoms with van der Waals surface area (Å²) in [5.41, 5.74) is 1.04. The van der Waals surface area contributed by atoms with E-state index in [1.807, 2.05) is 12.1 Å². The van der Waals surface area contributed by atoms with Gasteiger partial charge in [-0.05, 0) is 37.1 Å². The highest BCUT2D eigenvalue weighted by Crippen LogP contribution is 2.38. The number of hydrogen-bond acceptors (Lipinski definition) is 4. The van der Waals surface area contributed by atoms with Crippen LogP contribution >= 0.6 is 24.0 Å². The van der Waals surface area contributed by atoms with Crippen molar-refractivity contribution in [1.82, 2.24) is 10.6 Å².